The van der Waals surface area contributed by atoms with Crippen molar-refractivity contribution >= 4 is 27.0 Å². The van der Waals surface area contributed by atoms with Crippen molar-refractivity contribution in [2.75, 3.05) is 24.7 Å². The molecule has 2 aliphatic carbocycles. The van der Waals surface area contributed by atoms with Crippen molar-refractivity contribution in [2.45, 2.75) is 50.8 Å². The van der Waals surface area contributed by atoms with Crippen molar-refractivity contribution in [3.63, 3.8) is 0 Å². The van der Waals surface area contributed by atoms with Crippen LogP contribution >= 0.6 is 0 Å². The monoisotopic (exact) mass is 469 g/mol. The molecule has 9 nitrogen and oxygen atoms in total. The molecule has 32 heavy (non-hydrogen) atoms. The molecule has 174 valence electrons. The van der Waals surface area contributed by atoms with Crippen LogP contribution in [0.25, 0.3) is 11.0 Å². The fourth-order valence-corrected chi connectivity index (χ4v) is 5.97. The van der Waals surface area contributed by atoms with Crippen LogP contribution in [0.2, 0.25) is 0 Å². The van der Waals surface area contributed by atoms with Gasteiger partial charge in [0.2, 0.25) is 16.0 Å². The lowest BCUT2D eigenvalue weighted by atomic mass is 10.1. The number of fused-ring (bicyclic) bond motifs is 2. The number of aromatic nitrogens is 3. The fraction of sp³-hybridized carbons (Fsp3) is 0.650. The molecule has 1 saturated heterocycles. The lowest BCUT2D eigenvalue weighted by Gasteiger charge is -2.30. The van der Waals surface area contributed by atoms with Crippen molar-refractivity contribution < 1.29 is 21.9 Å². The van der Waals surface area contributed by atoms with E-state index in [0.717, 1.165) is 19.3 Å². The number of halogens is 2. The maximum Gasteiger partial charge on any atom is 0.387 e. The molecular weight excluding hydrogens is 444 g/mol. The van der Waals surface area contributed by atoms with Crippen LogP contribution in [-0.4, -0.2) is 59.3 Å². The molecule has 2 aromatic rings. The van der Waals surface area contributed by atoms with Crippen LogP contribution in [0.3, 0.4) is 0 Å². The molecule has 0 radical (unpaired) electrons. The minimum Gasteiger partial charge on any atom is -0.429 e. The molecule has 5 rings (SSSR count). The Morgan fingerprint density at radius 2 is 1.88 bits per heavy atom. The first-order valence-corrected chi connectivity index (χ1v) is 12.6. The van der Waals surface area contributed by atoms with Crippen molar-refractivity contribution in [3.8, 4) is 5.75 Å². The van der Waals surface area contributed by atoms with E-state index in [4.69, 9.17) is 0 Å². The van der Waals surface area contributed by atoms with E-state index in [9.17, 15) is 22.0 Å². The number of alkyl halides is 2. The summed E-state index contributed by atoms with van der Waals surface area (Å²) in [5.41, 5.74) is -0.204. The van der Waals surface area contributed by atoms with Crippen LogP contribution in [0.1, 0.15) is 38.1 Å². The quantitative estimate of drug-likeness (QED) is 0.691. The van der Waals surface area contributed by atoms with E-state index in [2.05, 4.69) is 20.0 Å². The standard InChI is InChI=1S/C20H25F2N5O4S/c1-32(29,30)26-4-2-14(3-5-26)24-20-23-10-13-9-16(31-19(21)22)18(28)27(17(13)25-20)15-7-11-6-12(11)8-15/h9-12,14-15,19H,2-8H2,1H3,(H,23,24,25)/t11-,12+,15?. The van der Waals surface area contributed by atoms with E-state index in [0.29, 0.717) is 54.7 Å². The Labute approximate surface area is 183 Å². The SMILES string of the molecule is CS(=O)(=O)N1CCC(Nc2ncc3cc(OC(F)F)c(=O)n(C4C[C@@H]5C[C@@H]5C4)c3n2)CC1. The first-order valence-electron chi connectivity index (χ1n) is 10.8. The lowest BCUT2D eigenvalue weighted by Crippen LogP contribution is -2.42. The van der Waals surface area contributed by atoms with Crippen molar-refractivity contribution in [1.29, 1.82) is 0 Å². The number of rotatable bonds is 6. The zero-order chi connectivity index (χ0) is 22.6. The summed E-state index contributed by atoms with van der Waals surface area (Å²) in [5, 5.41) is 3.69. The minimum atomic E-state index is -3.21. The van der Waals surface area contributed by atoms with Gasteiger partial charge in [-0.1, -0.05) is 0 Å². The van der Waals surface area contributed by atoms with Crippen molar-refractivity contribution in [2.24, 2.45) is 11.8 Å². The van der Waals surface area contributed by atoms with Crippen LogP contribution in [0.15, 0.2) is 17.1 Å². The molecule has 3 aliphatic rings. The number of sulfonamides is 1. The molecule has 2 aromatic heterocycles. The smallest absolute Gasteiger partial charge is 0.387 e. The molecule has 3 heterocycles. The average molecular weight is 470 g/mol. The first-order chi connectivity index (χ1) is 15.2. The zero-order valence-corrected chi connectivity index (χ0v) is 18.4. The van der Waals surface area contributed by atoms with Gasteiger partial charge < -0.3 is 10.1 Å². The highest BCUT2D eigenvalue weighted by Gasteiger charge is 2.47. The van der Waals surface area contributed by atoms with Gasteiger partial charge in [-0.05, 0) is 50.0 Å². The molecule has 0 amide bonds. The van der Waals surface area contributed by atoms with Crippen LogP contribution < -0.4 is 15.6 Å². The second-order valence-electron chi connectivity index (χ2n) is 9.00. The minimum absolute atomic E-state index is 0.00816. The van der Waals surface area contributed by atoms with E-state index in [-0.39, 0.29) is 12.1 Å². The lowest BCUT2D eigenvalue weighted by molar-refractivity contribution is -0.0510. The van der Waals surface area contributed by atoms with E-state index in [1.165, 1.54) is 27.4 Å². The number of anilines is 1. The van der Waals surface area contributed by atoms with E-state index < -0.39 is 27.9 Å². The van der Waals surface area contributed by atoms with E-state index in [1.807, 2.05) is 0 Å². The molecule has 1 N–H and O–H groups in total. The fourth-order valence-electron chi connectivity index (χ4n) is 5.09. The Hall–Kier alpha value is -2.34. The van der Waals surface area contributed by atoms with Gasteiger partial charge in [0, 0.05) is 36.8 Å². The number of hydrogen-bond donors (Lipinski definition) is 1. The van der Waals surface area contributed by atoms with Gasteiger partial charge in [0.25, 0.3) is 5.56 Å². The van der Waals surface area contributed by atoms with Crippen LogP contribution in [0, 0.1) is 11.8 Å². The Morgan fingerprint density at radius 3 is 2.50 bits per heavy atom. The predicted octanol–water partition coefficient (Wildman–Crippen LogP) is 2.20. The maximum absolute atomic E-state index is 13.0. The number of nitrogens with one attached hydrogen (secondary N) is 1. The average Bonchev–Trinajstić information content (AvgIpc) is 3.33. The summed E-state index contributed by atoms with van der Waals surface area (Å²) >= 11 is 0. The maximum atomic E-state index is 13.0. The summed E-state index contributed by atoms with van der Waals surface area (Å²) in [6, 6.07) is 1.16. The molecule has 3 fully saturated rings. The molecule has 3 atom stereocenters. The Bertz CT molecular complexity index is 1190. The molecule has 0 spiro atoms. The topological polar surface area (TPSA) is 106 Å². The zero-order valence-electron chi connectivity index (χ0n) is 17.6. The van der Waals surface area contributed by atoms with Crippen molar-refractivity contribution in [1.82, 2.24) is 18.8 Å². The van der Waals surface area contributed by atoms with E-state index in [1.54, 1.807) is 0 Å². The van der Waals surface area contributed by atoms with E-state index >= 15 is 0 Å². The molecule has 12 heteroatoms. The summed E-state index contributed by atoms with van der Waals surface area (Å²) in [4.78, 5) is 21.9. The Morgan fingerprint density at radius 1 is 1.19 bits per heavy atom. The predicted molar refractivity (Wildman–Crippen MR) is 113 cm³/mol. The summed E-state index contributed by atoms with van der Waals surface area (Å²) in [6.07, 6.45) is 6.72. The van der Waals surface area contributed by atoms with Crippen LogP contribution in [0.4, 0.5) is 14.7 Å². The highest BCUT2D eigenvalue weighted by atomic mass is 32.2. The second kappa shape index (κ2) is 7.91. The van der Waals surface area contributed by atoms with Gasteiger partial charge in [-0.3, -0.25) is 9.36 Å². The van der Waals surface area contributed by atoms with Crippen LogP contribution in [0.5, 0.6) is 5.75 Å². The Balaban J connectivity index is 1.44. The van der Waals surface area contributed by atoms with Gasteiger partial charge in [-0.25, -0.2) is 17.7 Å². The third-order valence-corrected chi connectivity index (χ3v) is 8.10. The summed E-state index contributed by atoms with van der Waals surface area (Å²) in [7, 11) is -3.21. The van der Waals surface area contributed by atoms with Gasteiger partial charge in [-0.15, -0.1) is 0 Å². The van der Waals surface area contributed by atoms with Gasteiger partial charge in [0.05, 0.1) is 6.26 Å². The number of piperidine rings is 1. The van der Waals surface area contributed by atoms with Gasteiger partial charge in [0.1, 0.15) is 5.65 Å². The molecule has 1 aliphatic heterocycles. The highest BCUT2D eigenvalue weighted by Crippen LogP contribution is 2.56. The number of nitrogens with zero attached hydrogens (tertiary/aromatic N) is 4. The van der Waals surface area contributed by atoms with Gasteiger partial charge in [0.15, 0.2) is 5.75 Å². The number of ether oxygens (including phenoxy) is 1. The van der Waals surface area contributed by atoms with Crippen LogP contribution in [-0.2, 0) is 10.0 Å². The highest BCUT2D eigenvalue weighted by molar-refractivity contribution is 7.88. The molecule has 2 saturated carbocycles. The summed E-state index contributed by atoms with van der Waals surface area (Å²) in [6.45, 7) is -2.27. The normalized spacial score (nSPS) is 26.4. The van der Waals surface area contributed by atoms with Gasteiger partial charge >= 0.3 is 6.61 Å². The molecular formula is C20H25F2N5O4S. The molecule has 0 bridgehead atoms. The number of pyridine rings is 1. The van der Waals surface area contributed by atoms with Gasteiger partial charge in [-0.2, -0.15) is 13.8 Å². The molecule has 0 aromatic carbocycles. The second-order valence-corrected chi connectivity index (χ2v) is 11.0. The summed E-state index contributed by atoms with van der Waals surface area (Å²) in [5.74, 6) is 1.10. The summed E-state index contributed by atoms with van der Waals surface area (Å²) < 4.78 is 56.5. The third-order valence-electron chi connectivity index (χ3n) is 6.80. The third kappa shape index (κ3) is 4.17. The van der Waals surface area contributed by atoms with Crippen molar-refractivity contribution in [3.05, 3.63) is 22.6 Å². The Kier molecular flexibility index (Phi) is 5.31. The first kappa shape index (κ1) is 21.5. The molecule has 1 unspecified atom stereocenters. The largest absolute Gasteiger partial charge is 0.429 e. The number of hydrogen-bond acceptors (Lipinski definition) is 7.